The van der Waals surface area contributed by atoms with Crippen molar-refractivity contribution in [3.05, 3.63) is 34.3 Å². The molecule has 1 aromatic rings. The summed E-state index contributed by atoms with van der Waals surface area (Å²) in [4.78, 5) is 14.1. The second-order valence-electron chi connectivity index (χ2n) is 4.15. The molecule has 0 aromatic heterocycles. The van der Waals surface area contributed by atoms with Crippen LogP contribution in [0.5, 0.6) is 0 Å². The van der Waals surface area contributed by atoms with E-state index >= 15 is 0 Å². The van der Waals surface area contributed by atoms with Crippen molar-refractivity contribution in [3.8, 4) is 0 Å². The predicted molar refractivity (Wildman–Crippen MR) is 72.0 cm³/mol. The normalized spacial score (nSPS) is 10.6. The molecule has 0 bridgehead atoms. The number of hydrogen-bond donors (Lipinski definition) is 1. The summed E-state index contributed by atoms with van der Waals surface area (Å²) >= 11 is 3.39. The lowest BCUT2D eigenvalue weighted by Crippen LogP contribution is -2.38. The molecular formula is C13H18BrNO2. The Morgan fingerprint density at radius 1 is 1.41 bits per heavy atom. The quantitative estimate of drug-likeness (QED) is 0.908. The fraction of sp³-hybridized carbons (Fsp3) is 0.462. The molecule has 1 amide bonds. The predicted octanol–water partition coefficient (Wildman–Crippen LogP) is 2.68. The van der Waals surface area contributed by atoms with E-state index in [2.05, 4.69) is 15.9 Å². The number of carbonyl (C=O) groups excluding carboxylic acids is 1. The SMILES string of the molecule is CC(C)N(CCCO)C(=O)c1ccccc1Br. The molecular weight excluding hydrogens is 282 g/mol. The first-order valence-corrected chi connectivity index (χ1v) is 6.53. The lowest BCUT2D eigenvalue weighted by atomic mass is 10.1. The zero-order valence-electron chi connectivity index (χ0n) is 10.2. The molecule has 0 saturated heterocycles. The van der Waals surface area contributed by atoms with Crippen LogP contribution < -0.4 is 0 Å². The number of nitrogens with zero attached hydrogens (tertiary/aromatic N) is 1. The van der Waals surface area contributed by atoms with Gasteiger partial charge in [-0.3, -0.25) is 4.79 Å². The van der Waals surface area contributed by atoms with Gasteiger partial charge in [0.2, 0.25) is 0 Å². The Hall–Kier alpha value is -0.870. The van der Waals surface area contributed by atoms with Crippen LogP contribution in [0, 0.1) is 0 Å². The van der Waals surface area contributed by atoms with Crippen LogP contribution in [-0.4, -0.2) is 35.1 Å². The van der Waals surface area contributed by atoms with Crippen LogP contribution in [0.3, 0.4) is 0 Å². The van der Waals surface area contributed by atoms with E-state index < -0.39 is 0 Å². The second-order valence-corrected chi connectivity index (χ2v) is 5.00. The van der Waals surface area contributed by atoms with Gasteiger partial charge in [0.25, 0.3) is 5.91 Å². The van der Waals surface area contributed by atoms with Crippen molar-refractivity contribution in [1.29, 1.82) is 0 Å². The van der Waals surface area contributed by atoms with Gasteiger partial charge in [0, 0.05) is 23.7 Å². The van der Waals surface area contributed by atoms with Gasteiger partial charge >= 0.3 is 0 Å². The summed E-state index contributed by atoms with van der Waals surface area (Å²) in [5, 5.41) is 8.86. The van der Waals surface area contributed by atoms with Crippen LogP contribution >= 0.6 is 15.9 Å². The molecule has 3 nitrogen and oxygen atoms in total. The number of aliphatic hydroxyl groups is 1. The van der Waals surface area contributed by atoms with Crippen LogP contribution in [0.2, 0.25) is 0 Å². The van der Waals surface area contributed by atoms with E-state index in [-0.39, 0.29) is 18.6 Å². The summed E-state index contributed by atoms with van der Waals surface area (Å²) in [5.41, 5.74) is 0.666. The molecule has 0 fully saturated rings. The molecule has 0 radical (unpaired) electrons. The average Bonchev–Trinajstić information content (AvgIpc) is 2.29. The summed E-state index contributed by atoms with van der Waals surface area (Å²) in [5.74, 6) is 0.000856. The van der Waals surface area contributed by atoms with Gasteiger partial charge in [-0.2, -0.15) is 0 Å². The Morgan fingerprint density at radius 3 is 2.59 bits per heavy atom. The first kappa shape index (κ1) is 14.2. The van der Waals surface area contributed by atoms with Gasteiger partial charge < -0.3 is 10.0 Å². The van der Waals surface area contributed by atoms with Crippen molar-refractivity contribution < 1.29 is 9.90 Å². The zero-order valence-corrected chi connectivity index (χ0v) is 11.8. The topological polar surface area (TPSA) is 40.5 Å². The standard InChI is InChI=1S/C13H18BrNO2/c1-10(2)15(8-5-9-16)13(17)11-6-3-4-7-12(11)14/h3-4,6-7,10,16H,5,8-9H2,1-2H3. The number of halogens is 1. The van der Waals surface area contributed by atoms with E-state index in [1.165, 1.54) is 0 Å². The van der Waals surface area contributed by atoms with E-state index in [1.807, 2.05) is 32.0 Å². The lowest BCUT2D eigenvalue weighted by molar-refractivity contribution is 0.0692. The van der Waals surface area contributed by atoms with Crippen LogP contribution in [0.15, 0.2) is 28.7 Å². The Kier molecular flexibility index (Phi) is 5.65. The lowest BCUT2D eigenvalue weighted by Gasteiger charge is -2.27. The van der Waals surface area contributed by atoms with Gasteiger partial charge in [-0.1, -0.05) is 12.1 Å². The van der Waals surface area contributed by atoms with Crippen LogP contribution in [0.4, 0.5) is 0 Å². The van der Waals surface area contributed by atoms with Crippen molar-refractivity contribution in [2.75, 3.05) is 13.2 Å². The Balaban J connectivity index is 2.88. The smallest absolute Gasteiger partial charge is 0.255 e. The first-order chi connectivity index (χ1) is 8.07. The summed E-state index contributed by atoms with van der Waals surface area (Å²) in [6.45, 7) is 4.64. The van der Waals surface area contributed by atoms with E-state index in [9.17, 15) is 4.79 Å². The van der Waals surface area contributed by atoms with Crippen molar-refractivity contribution in [3.63, 3.8) is 0 Å². The van der Waals surface area contributed by atoms with Crippen LogP contribution in [0.25, 0.3) is 0 Å². The fourth-order valence-electron chi connectivity index (χ4n) is 1.62. The summed E-state index contributed by atoms with van der Waals surface area (Å²) < 4.78 is 0.805. The highest BCUT2D eigenvalue weighted by atomic mass is 79.9. The van der Waals surface area contributed by atoms with Crippen LogP contribution in [-0.2, 0) is 0 Å². The number of aliphatic hydroxyl groups excluding tert-OH is 1. The third-order valence-electron chi connectivity index (χ3n) is 2.55. The first-order valence-electron chi connectivity index (χ1n) is 5.74. The number of benzene rings is 1. The van der Waals surface area contributed by atoms with Crippen molar-refractivity contribution in [2.24, 2.45) is 0 Å². The third-order valence-corrected chi connectivity index (χ3v) is 3.24. The minimum atomic E-state index is 0.000856. The fourth-order valence-corrected chi connectivity index (χ4v) is 2.08. The van der Waals surface area contributed by atoms with E-state index in [1.54, 1.807) is 11.0 Å². The highest BCUT2D eigenvalue weighted by molar-refractivity contribution is 9.10. The molecule has 17 heavy (non-hydrogen) atoms. The third kappa shape index (κ3) is 3.82. The molecule has 0 heterocycles. The molecule has 0 unspecified atom stereocenters. The second kappa shape index (κ2) is 6.77. The molecule has 0 atom stereocenters. The molecule has 0 saturated carbocycles. The van der Waals surface area contributed by atoms with Gasteiger partial charge in [-0.05, 0) is 48.3 Å². The molecule has 4 heteroatoms. The Bertz CT molecular complexity index is 379. The van der Waals surface area contributed by atoms with Crippen molar-refractivity contribution >= 4 is 21.8 Å². The van der Waals surface area contributed by atoms with E-state index in [0.29, 0.717) is 18.5 Å². The molecule has 94 valence electrons. The van der Waals surface area contributed by atoms with Crippen molar-refractivity contribution in [1.82, 2.24) is 4.90 Å². The zero-order chi connectivity index (χ0) is 12.8. The van der Waals surface area contributed by atoms with Gasteiger partial charge in [-0.25, -0.2) is 0 Å². The van der Waals surface area contributed by atoms with Gasteiger partial charge in [0.15, 0.2) is 0 Å². The van der Waals surface area contributed by atoms with Gasteiger partial charge in [0.1, 0.15) is 0 Å². The maximum atomic E-state index is 12.3. The average molecular weight is 300 g/mol. The molecule has 0 spiro atoms. The van der Waals surface area contributed by atoms with E-state index in [4.69, 9.17) is 5.11 Å². The molecule has 0 aliphatic carbocycles. The molecule has 1 aromatic carbocycles. The molecule has 0 aliphatic heterocycles. The summed E-state index contributed by atoms with van der Waals surface area (Å²) in [6, 6.07) is 7.52. The van der Waals surface area contributed by atoms with Gasteiger partial charge in [0.05, 0.1) is 5.56 Å². The minimum absolute atomic E-state index is 0.000856. The maximum Gasteiger partial charge on any atom is 0.255 e. The minimum Gasteiger partial charge on any atom is -0.396 e. The summed E-state index contributed by atoms with van der Waals surface area (Å²) in [7, 11) is 0. The highest BCUT2D eigenvalue weighted by Crippen LogP contribution is 2.19. The molecule has 0 aliphatic rings. The number of hydrogen-bond acceptors (Lipinski definition) is 2. The Morgan fingerprint density at radius 2 is 2.06 bits per heavy atom. The van der Waals surface area contributed by atoms with E-state index in [0.717, 1.165) is 4.47 Å². The highest BCUT2D eigenvalue weighted by Gasteiger charge is 2.19. The number of rotatable bonds is 5. The Labute approximate surface area is 111 Å². The maximum absolute atomic E-state index is 12.3. The number of amides is 1. The summed E-state index contributed by atoms with van der Waals surface area (Å²) in [6.07, 6.45) is 0.606. The van der Waals surface area contributed by atoms with Crippen molar-refractivity contribution in [2.45, 2.75) is 26.3 Å². The number of carbonyl (C=O) groups is 1. The van der Waals surface area contributed by atoms with Gasteiger partial charge in [-0.15, -0.1) is 0 Å². The molecule has 1 N–H and O–H groups in total. The largest absolute Gasteiger partial charge is 0.396 e. The molecule has 1 rings (SSSR count). The monoisotopic (exact) mass is 299 g/mol. The van der Waals surface area contributed by atoms with Crippen LogP contribution in [0.1, 0.15) is 30.6 Å².